The fraction of sp³-hybridized carbons (Fsp3) is 0.857. The minimum atomic E-state index is -1.08. The molecule has 0 fully saturated rings. The van der Waals surface area contributed by atoms with Gasteiger partial charge in [0.15, 0.2) is 0 Å². The minimum absolute atomic E-state index is 0.234. The van der Waals surface area contributed by atoms with Gasteiger partial charge >= 0.3 is 5.97 Å². The molecule has 0 bridgehead atoms. The molecule has 0 aromatic carbocycles. The van der Waals surface area contributed by atoms with E-state index >= 15 is 0 Å². The number of nitrogens with zero attached hydrogens (tertiary/aromatic N) is 1. The maximum Gasteiger partial charge on any atom is 0.323 e. The van der Waals surface area contributed by atoms with E-state index in [-0.39, 0.29) is 6.54 Å². The van der Waals surface area contributed by atoms with Crippen molar-refractivity contribution in [3.05, 3.63) is 0 Å². The maximum atomic E-state index is 10.5. The molecule has 0 aromatic heterocycles. The van der Waals surface area contributed by atoms with Crippen molar-refractivity contribution in [1.29, 1.82) is 0 Å². The van der Waals surface area contributed by atoms with Crippen LogP contribution in [-0.4, -0.2) is 58.5 Å². The van der Waals surface area contributed by atoms with E-state index in [9.17, 15) is 4.79 Å². The molecule has 2 atom stereocenters. The highest BCUT2D eigenvalue weighted by Gasteiger charge is 2.21. The minimum Gasteiger partial charge on any atom is -0.480 e. The Morgan fingerprint density at radius 1 is 1.58 bits per heavy atom. The number of aliphatic hydroxyl groups excluding tert-OH is 2. The molecule has 0 radical (unpaired) electrons. The van der Waals surface area contributed by atoms with Crippen LogP contribution in [0.4, 0.5) is 0 Å². The third-order valence-electron chi connectivity index (χ3n) is 1.54. The highest BCUT2D eigenvalue weighted by atomic mass is 16.4. The summed E-state index contributed by atoms with van der Waals surface area (Å²) in [7, 11) is 1.54. The van der Waals surface area contributed by atoms with E-state index in [0.717, 1.165) is 0 Å². The molecule has 12 heavy (non-hydrogen) atoms. The summed E-state index contributed by atoms with van der Waals surface area (Å²) in [6, 6.07) is -0.931. The Morgan fingerprint density at radius 3 is 2.33 bits per heavy atom. The van der Waals surface area contributed by atoms with Crippen LogP contribution in [0.1, 0.15) is 6.92 Å². The molecule has 0 saturated heterocycles. The van der Waals surface area contributed by atoms with Crippen molar-refractivity contribution in [2.45, 2.75) is 19.1 Å². The van der Waals surface area contributed by atoms with Crippen LogP contribution in [0.2, 0.25) is 0 Å². The first-order valence-electron chi connectivity index (χ1n) is 3.71. The van der Waals surface area contributed by atoms with Crippen molar-refractivity contribution >= 4 is 5.97 Å². The van der Waals surface area contributed by atoms with Crippen molar-refractivity contribution < 1.29 is 20.1 Å². The number of aliphatic hydroxyl groups is 2. The van der Waals surface area contributed by atoms with Crippen LogP contribution in [0, 0.1) is 0 Å². The Hall–Kier alpha value is -0.650. The summed E-state index contributed by atoms with van der Waals surface area (Å²) in [4.78, 5) is 11.9. The summed E-state index contributed by atoms with van der Waals surface area (Å²) in [6.45, 7) is 1.35. The van der Waals surface area contributed by atoms with E-state index in [2.05, 4.69) is 0 Å². The summed E-state index contributed by atoms with van der Waals surface area (Å²) < 4.78 is 0. The first-order chi connectivity index (χ1) is 5.49. The Labute approximate surface area is 71.2 Å². The van der Waals surface area contributed by atoms with Crippen LogP contribution in [0.15, 0.2) is 0 Å². The van der Waals surface area contributed by atoms with Crippen LogP contribution in [0.3, 0.4) is 0 Å². The highest BCUT2D eigenvalue weighted by Crippen LogP contribution is 1.97. The molecule has 0 aliphatic rings. The molecule has 0 spiro atoms. The quantitative estimate of drug-likeness (QED) is 0.488. The first-order valence-corrected chi connectivity index (χ1v) is 3.71. The average Bonchev–Trinajstić information content (AvgIpc) is 1.85. The molecule has 72 valence electrons. The standard InChI is InChI=1S/C7H15NO4/c1-5(10)3-8(2)6(4-9)7(11)12/h5-6,9-10H,3-4H2,1-2H3,(H,11,12)/t5-,6-/m0/s1. The van der Waals surface area contributed by atoms with Crippen LogP contribution in [-0.2, 0) is 4.79 Å². The number of likely N-dealkylation sites (N-methyl/N-ethyl adjacent to an activating group) is 1. The van der Waals surface area contributed by atoms with Crippen LogP contribution in [0.5, 0.6) is 0 Å². The van der Waals surface area contributed by atoms with Crippen molar-refractivity contribution in [3.8, 4) is 0 Å². The van der Waals surface area contributed by atoms with Gasteiger partial charge < -0.3 is 15.3 Å². The lowest BCUT2D eigenvalue weighted by atomic mass is 10.2. The zero-order chi connectivity index (χ0) is 9.72. The van der Waals surface area contributed by atoms with Gasteiger partial charge in [0.05, 0.1) is 12.7 Å². The summed E-state index contributed by atoms with van der Waals surface area (Å²) in [5.74, 6) is -1.08. The number of carboxylic acids is 1. The number of hydrogen-bond acceptors (Lipinski definition) is 4. The summed E-state index contributed by atoms with van der Waals surface area (Å²) >= 11 is 0. The predicted molar refractivity (Wildman–Crippen MR) is 42.8 cm³/mol. The Morgan fingerprint density at radius 2 is 2.08 bits per heavy atom. The van der Waals surface area contributed by atoms with E-state index in [0.29, 0.717) is 0 Å². The topological polar surface area (TPSA) is 81.0 Å². The molecular formula is C7H15NO4. The average molecular weight is 177 g/mol. The molecule has 0 saturated carbocycles. The second-order valence-electron chi connectivity index (χ2n) is 2.83. The van der Waals surface area contributed by atoms with E-state index in [1.165, 1.54) is 4.90 Å². The molecule has 0 aromatic rings. The molecule has 0 aliphatic heterocycles. The molecule has 5 heteroatoms. The Kier molecular flexibility index (Phi) is 4.80. The van der Waals surface area contributed by atoms with Crippen molar-refractivity contribution in [3.63, 3.8) is 0 Å². The van der Waals surface area contributed by atoms with Crippen LogP contribution >= 0.6 is 0 Å². The second kappa shape index (κ2) is 5.08. The van der Waals surface area contributed by atoms with Gasteiger partial charge in [0, 0.05) is 6.54 Å². The van der Waals surface area contributed by atoms with Gasteiger partial charge in [-0.15, -0.1) is 0 Å². The van der Waals surface area contributed by atoms with Gasteiger partial charge in [0.25, 0.3) is 0 Å². The predicted octanol–water partition coefficient (Wildman–Crippen LogP) is -1.26. The highest BCUT2D eigenvalue weighted by molar-refractivity contribution is 5.73. The number of carbonyl (C=O) groups is 1. The fourth-order valence-electron chi connectivity index (χ4n) is 0.950. The molecule has 5 nitrogen and oxygen atoms in total. The lowest BCUT2D eigenvalue weighted by Gasteiger charge is -2.23. The number of hydrogen-bond donors (Lipinski definition) is 3. The number of rotatable bonds is 5. The molecular weight excluding hydrogens is 162 g/mol. The van der Waals surface area contributed by atoms with E-state index in [1.807, 2.05) is 0 Å². The Balaban J connectivity index is 4.02. The van der Waals surface area contributed by atoms with Gasteiger partial charge in [0.2, 0.25) is 0 Å². The van der Waals surface area contributed by atoms with Crippen molar-refractivity contribution in [2.75, 3.05) is 20.2 Å². The zero-order valence-corrected chi connectivity index (χ0v) is 7.27. The lowest BCUT2D eigenvalue weighted by Crippen LogP contribution is -2.44. The molecule has 0 unspecified atom stereocenters. The van der Waals surface area contributed by atoms with E-state index < -0.39 is 24.7 Å². The van der Waals surface area contributed by atoms with Crippen LogP contribution < -0.4 is 0 Å². The third-order valence-corrected chi connectivity index (χ3v) is 1.54. The third kappa shape index (κ3) is 3.66. The van der Waals surface area contributed by atoms with Crippen LogP contribution in [0.25, 0.3) is 0 Å². The van der Waals surface area contributed by atoms with Gasteiger partial charge in [-0.1, -0.05) is 0 Å². The van der Waals surface area contributed by atoms with Gasteiger partial charge in [0.1, 0.15) is 6.04 Å². The van der Waals surface area contributed by atoms with Gasteiger partial charge in [-0.3, -0.25) is 9.69 Å². The molecule has 0 amide bonds. The largest absolute Gasteiger partial charge is 0.480 e. The SMILES string of the molecule is C[C@H](O)CN(C)[C@@H](CO)C(=O)O. The number of aliphatic carboxylic acids is 1. The van der Waals surface area contributed by atoms with Gasteiger partial charge in [-0.2, -0.15) is 0 Å². The summed E-state index contributed by atoms with van der Waals surface area (Å²) in [6.07, 6.45) is -0.594. The van der Waals surface area contributed by atoms with E-state index in [1.54, 1.807) is 14.0 Å². The number of carboxylic acid groups (broad SMARTS) is 1. The molecule has 0 rings (SSSR count). The fourth-order valence-corrected chi connectivity index (χ4v) is 0.950. The normalized spacial score (nSPS) is 16.1. The first kappa shape index (κ1) is 11.4. The van der Waals surface area contributed by atoms with Gasteiger partial charge in [-0.05, 0) is 14.0 Å². The van der Waals surface area contributed by atoms with Crippen molar-refractivity contribution in [2.24, 2.45) is 0 Å². The molecule has 0 heterocycles. The Bertz CT molecular complexity index is 148. The summed E-state index contributed by atoms with van der Waals surface area (Å²) in [5.41, 5.74) is 0. The summed E-state index contributed by atoms with van der Waals surface area (Å²) in [5, 5.41) is 26.2. The maximum absolute atomic E-state index is 10.5. The monoisotopic (exact) mass is 177 g/mol. The molecule has 3 N–H and O–H groups in total. The zero-order valence-electron chi connectivity index (χ0n) is 7.27. The smallest absolute Gasteiger partial charge is 0.323 e. The second-order valence-corrected chi connectivity index (χ2v) is 2.83. The molecule has 0 aliphatic carbocycles. The lowest BCUT2D eigenvalue weighted by molar-refractivity contribution is -0.144. The van der Waals surface area contributed by atoms with Gasteiger partial charge in [-0.25, -0.2) is 0 Å². The van der Waals surface area contributed by atoms with Crippen molar-refractivity contribution in [1.82, 2.24) is 4.90 Å². The van der Waals surface area contributed by atoms with E-state index in [4.69, 9.17) is 15.3 Å².